The maximum Gasteiger partial charge on any atom is 0.244 e. The molecule has 2 amide bonds. The fourth-order valence-corrected chi connectivity index (χ4v) is 6.25. The molecule has 1 aliphatic heterocycles. The Balaban J connectivity index is 1.77. The number of carbonyl (C=O) groups is 2. The number of rotatable bonds is 13. The van der Waals surface area contributed by atoms with Crippen LogP contribution in [0.3, 0.4) is 0 Å². The highest BCUT2D eigenvalue weighted by molar-refractivity contribution is 7.92. The maximum absolute atomic E-state index is 14.3. The maximum atomic E-state index is 14.3. The first-order valence-corrected chi connectivity index (χ1v) is 16.4. The predicted molar refractivity (Wildman–Crippen MR) is 168 cm³/mol. The molecule has 0 bridgehead atoms. The molecular weight excluding hydrogens is 613 g/mol. The van der Waals surface area contributed by atoms with Gasteiger partial charge in [0.1, 0.15) is 25.8 Å². The van der Waals surface area contributed by atoms with Crippen LogP contribution < -0.4 is 19.1 Å². The Morgan fingerprint density at radius 2 is 1.60 bits per heavy atom. The number of anilines is 1. The summed E-state index contributed by atoms with van der Waals surface area (Å²) in [5.41, 5.74) is 1.52. The number of nitrogens with zero attached hydrogens (tertiary/aromatic N) is 2. The van der Waals surface area contributed by atoms with Crippen molar-refractivity contribution < 1.29 is 27.5 Å². The molecule has 9 nitrogen and oxygen atoms in total. The zero-order chi connectivity index (χ0) is 31.0. The molecule has 0 unspecified atom stereocenters. The number of hydrogen-bond acceptors (Lipinski definition) is 6. The van der Waals surface area contributed by atoms with Crippen LogP contribution >= 0.6 is 23.2 Å². The van der Waals surface area contributed by atoms with E-state index in [0.29, 0.717) is 53.3 Å². The van der Waals surface area contributed by atoms with Crippen LogP contribution in [0.5, 0.6) is 11.5 Å². The van der Waals surface area contributed by atoms with Crippen LogP contribution in [0.2, 0.25) is 10.0 Å². The Labute approximate surface area is 262 Å². The lowest BCUT2D eigenvalue weighted by Crippen LogP contribution is -2.53. The van der Waals surface area contributed by atoms with Crippen molar-refractivity contribution in [3.05, 3.63) is 87.9 Å². The van der Waals surface area contributed by atoms with E-state index in [2.05, 4.69) is 5.32 Å². The summed E-state index contributed by atoms with van der Waals surface area (Å²) in [6.45, 7) is 3.86. The number of halogens is 2. The van der Waals surface area contributed by atoms with Gasteiger partial charge in [-0.25, -0.2) is 8.42 Å². The second-order valence-corrected chi connectivity index (χ2v) is 12.9. The monoisotopic (exact) mass is 647 g/mol. The number of nitrogens with one attached hydrogen (secondary N) is 1. The second-order valence-electron chi connectivity index (χ2n) is 9.95. The van der Waals surface area contributed by atoms with Gasteiger partial charge in [-0.15, -0.1) is 0 Å². The first kappa shape index (κ1) is 32.4. The van der Waals surface area contributed by atoms with Gasteiger partial charge in [-0.3, -0.25) is 13.9 Å². The molecule has 1 N–H and O–H groups in total. The zero-order valence-electron chi connectivity index (χ0n) is 24.1. The van der Waals surface area contributed by atoms with Gasteiger partial charge in [-0.2, -0.15) is 0 Å². The third-order valence-electron chi connectivity index (χ3n) is 7.00. The quantitative estimate of drug-likeness (QED) is 0.277. The van der Waals surface area contributed by atoms with Crippen molar-refractivity contribution in [1.82, 2.24) is 10.2 Å². The number of fused-ring (bicyclic) bond motifs is 1. The van der Waals surface area contributed by atoms with Crippen molar-refractivity contribution in [2.24, 2.45) is 0 Å². The zero-order valence-corrected chi connectivity index (χ0v) is 26.4. The van der Waals surface area contributed by atoms with Gasteiger partial charge in [0.25, 0.3) is 0 Å². The third-order valence-corrected chi connectivity index (χ3v) is 9.45. The van der Waals surface area contributed by atoms with Gasteiger partial charge in [-0.05, 0) is 43.2 Å². The van der Waals surface area contributed by atoms with E-state index >= 15 is 0 Å². The van der Waals surface area contributed by atoms with Gasteiger partial charge >= 0.3 is 0 Å². The summed E-state index contributed by atoms with van der Waals surface area (Å²) in [6, 6.07) is 18.0. The predicted octanol–water partition coefficient (Wildman–Crippen LogP) is 5.09. The van der Waals surface area contributed by atoms with E-state index in [9.17, 15) is 18.0 Å². The average molecular weight is 649 g/mol. The van der Waals surface area contributed by atoms with E-state index in [4.69, 9.17) is 32.7 Å². The lowest BCUT2D eigenvalue weighted by atomic mass is 10.0. The summed E-state index contributed by atoms with van der Waals surface area (Å²) in [5.74, 6) is -0.356. The molecular formula is C31H35Cl2N3O6S. The molecule has 230 valence electrons. The van der Waals surface area contributed by atoms with Crippen LogP contribution in [0.15, 0.2) is 66.7 Å². The van der Waals surface area contributed by atoms with Crippen LogP contribution in [0.1, 0.15) is 31.4 Å². The number of benzene rings is 3. The van der Waals surface area contributed by atoms with E-state index in [1.54, 1.807) is 36.4 Å². The van der Waals surface area contributed by atoms with Gasteiger partial charge in [0.15, 0.2) is 11.5 Å². The summed E-state index contributed by atoms with van der Waals surface area (Å²) in [7, 11) is -3.94. The summed E-state index contributed by atoms with van der Waals surface area (Å²) in [6.07, 6.45) is 0.884. The minimum Gasteiger partial charge on any atom is -0.486 e. The van der Waals surface area contributed by atoms with E-state index in [1.807, 2.05) is 37.3 Å². The van der Waals surface area contributed by atoms with Crippen molar-refractivity contribution in [3.63, 3.8) is 0 Å². The Morgan fingerprint density at radius 1 is 0.930 bits per heavy atom. The van der Waals surface area contributed by atoms with E-state index in [-0.39, 0.29) is 30.3 Å². The van der Waals surface area contributed by atoms with Crippen LogP contribution in [0.4, 0.5) is 5.69 Å². The minimum absolute atomic E-state index is 0.116. The topological polar surface area (TPSA) is 105 Å². The van der Waals surface area contributed by atoms with Crippen LogP contribution in [-0.2, 0) is 32.6 Å². The molecule has 0 aromatic heterocycles. The Bertz CT molecular complexity index is 1520. The Hall–Kier alpha value is -3.47. The van der Waals surface area contributed by atoms with Crippen molar-refractivity contribution in [1.29, 1.82) is 0 Å². The molecule has 12 heteroatoms. The Kier molecular flexibility index (Phi) is 11.2. The second kappa shape index (κ2) is 14.8. The Morgan fingerprint density at radius 3 is 2.26 bits per heavy atom. The number of ether oxygens (including phenoxy) is 2. The van der Waals surface area contributed by atoms with Gasteiger partial charge in [0.05, 0.1) is 11.4 Å². The smallest absolute Gasteiger partial charge is 0.244 e. The highest BCUT2D eigenvalue weighted by Gasteiger charge is 2.34. The molecule has 0 saturated heterocycles. The molecule has 43 heavy (non-hydrogen) atoms. The third kappa shape index (κ3) is 8.13. The van der Waals surface area contributed by atoms with Gasteiger partial charge < -0.3 is 19.7 Å². The number of amides is 2. The highest BCUT2D eigenvalue weighted by atomic mass is 35.5. The van der Waals surface area contributed by atoms with E-state index in [0.717, 1.165) is 9.87 Å². The van der Waals surface area contributed by atoms with E-state index in [1.165, 1.54) is 11.8 Å². The number of sulfonamides is 1. The molecule has 0 saturated carbocycles. The van der Waals surface area contributed by atoms with Crippen LogP contribution in [0, 0.1) is 0 Å². The molecule has 0 radical (unpaired) electrons. The fraction of sp³-hybridized carbons (Fsp3) is 0.355. The lowest BCUT2D eigenvalue weighted by Gasteiger charge is -2.34. The van der Waals surface area contributed by atoms with Crippen molar-refractivity contribution in [2.75, 3.05) is 36.4 Å². The SMILES string of the molecule is CCCNC(=O)[C@@H](Cc1ccccc1)N(Cc1c(Cl)cccc1Cl)C(=O)CN(c1ccc2c(c1)OCCO2)S(=O)(=O)CC. The molecule has 0 aliphatic carbocycles. The fourth-order valence-electron chi connectivity index (χ4n) is 4.68. The normalized spacial score (nSPS) is 13.2. The van der Waals surface area contributed by atoms with E-state index < -0.39 is 28.5 Å². The molecule has 1 heterocycles. The molecule has 0 fully saturated rings. The molecule has 1 aliphatic rings. The summed E-state index contributed by atoms with van der Waals surface area (Å²) < 4.78 is 39.1. The molecule has 1 atom stereocenters. The standard InChI is InChI=1S/C31H35Cl2N3O6S/c1-3-15-34-31(38)27(18-22-9-6-5-7-10-22)35(20-24-25(32)11-8-12-26(24)33)30(37)21-36(43(39,40)4-2)23-13-14-28-29(19-23)42-17-16-41-28/h5-14,19,27H,3-4,15-18,20-21H2,1-2H3,(H,34,38)/t27-/m1/s1. The summed E-state index contributed by atoms with van der Waals surface area (Å²) in [5, 5.41) is 3.55. The molecule has 3 aromatic carbocycles. The average Bonchev–Trinajstić information content (AvgIpc) is 3.01. The highest BCUT2D eigenvalue weighted by Crippen LogP contribution is 2.35. The van der Waals surface area contributed by atoms with Crippen molar-refractivity contribution in [2.45, 2.75) is 39.3 Å². The van der Waals surface area contributed by atoms with Gasteiger partial charge in [-0.1, -0.05) is 66.5 Å². The van der Waals surface area contributed by atoms with Gasteiger partial charge in [0.2, 0.25) is 21.8 Å². The van der Waals surface area contributed by atoms with Crippen LogP contribution in [0.25, 0.3) is 0 Å². The molecule has 4 rings (SSSR count). The van der Waals surface area contributed by atoms with Crippen LogP contribution in [-0.4, -0.2) is 63.2 Å². The summed E-state index contributed by atoms with van der Waals surface area (Å²) >= 11 is 13.0. The first-order chi connectivity index (χ1) is 20.6. The number of carbonyl (C=O) groups excluding carboxylic acids is 2. The molecule has 0 spiro atoms. The molecule has 3 aromatic rings. The van der Waals surface area contributed by atoms with Crippen molar-refractivity contribution >= 4 is 50.7 Å². The summed E-state index contributed by atoms with van der Waals surface area (Å²) in [4.78, 5) is 29.3. The van der Waals surface area contributed by atoms with Crippen molar-refractivity contribution in [3.8, 4) is 11.5 Å². The number of hydrogen-bond donors (Lipinski definition) is 1. The van der Waals surface area contributed by atoms with Gasteiger partial charge in [0, 0.05) is 41.2 Å². The largest absolute Gasteiger partial charge is 0.486 e. The lowest BCUT2D eigenvalue weighted by molar-refractivity contribution is -0.140. The first-order valence-electron chi connectivity index (χ1n) is 14.1. The minimum atomic E-state index is -3.94.